The van der Waals surface area contributed by atoms with Gasteiger partial charge in [0.15, 0.2) is 0 Å². The van der Waals surface area contributed by atoms with Crippen molar-refractivity contribution < 1.29 is 14.7 Å². The van der Waals surface area contributed by atoms with Crippen molar-refractivity contribution in [2.45, 2.75) is 32.6 Å². The van der Waals surface area contributed by atoms with E-state index in [0.29, 0.717) is 11.4 Å². The summed E-state index contributed by atoms with van der Waals surface area (Å²) in [5.41, 5.74) is 1.00. The van der Waals surface area contributed by atoms with Crippen molar-refractivity contribution in [2.24, 2.45) is 17.8 Å². The second-order valence-electron chi connectivity index (χ2n) is 6.38. The summed E-state index contributed by atoms with van der Waals surface area (Å²) >= 11 is 6.15. The van der Waals surface area contributed by atoms with Gasteiger partial charge in [-0.25, -0.2) is 0 Å². The summed E-state index contributed by atoms with van der Waals surface area (Å²) in [6.07, 6.45) is 1.34. The second-order valence-corrected chi connectivity index (χ2v) is 6.79. The molecular weight excluding hydrogens is 302 g/mol. The predicted octanol–water partition coefficient (Wildman–Crippen LogP) is 3.31. The second kappa shape index (κ2) is 7.14. The third-order valence-corrected chi connectivity index (χ3v) is 4.40. The number of carbonyl (C=O) groups excluding carboxylic acids is 1. The van der Waals surface area contributed by atoms with Gasteiger partial charge < -0.3 is 10.4 Å². The van der Waals surface area contributed by atoms with Gasteiger partial charge in [-0.3, -0.25) is 9.59 Å². The van der Waals surface area contributed by atoms with Crippen LogP contribution in [0.1, 0.15) is 38.2 Å². The van der Waals surface area contributed by atoms with Gasteiger partial charge in [0, 0.05) is 17.5 Å². The minimum absolute atomic E-state index is 0.0695. The van der Waals surface area contributed by atoms with E-state index in [-0.39, 0.29) is 30.2 Å². The van der Waals surface area contributed by atoms with Crippen LogP contribution in [0.4, 0.5) is 0 Å². The van der Waals surface area contributed by atoms with Crippen molar-refractivity contribution >= 4 is 23.5 Å². The Hall–Kier alpha value is -1.55. The standard InChI is InChI=1S/C17H22ClNO3/c1-10(2)7-11(17(21)22)9-19-16(20)14-8-13(14)12-5-3-4-6-15(12)18/h3-6,10-11,13-14H,7-9H2,1-2H3,(H,19,20)(H,21,22). The molecule has 0 heterocycles. The first-order chi connectivity index (χ1) is 10.4. The number of benzene rings is 1. The van der Waals surface area contributed by atoms with E-state index >= 15 is 0 Å². The smallest absolute Gasteiger partial charge is 0.308 e. The molecule has 1 aromatic carbocycles. The Balaban J connectivity index is 1.87. The molecular formula is C17H22ClNO3. The number of aliphatic carboxylic acids is 1. The molecule has 1 fully saturated rings. The van der Waals surface area contributed by atoms with Gasteiger partial charge in [0.05, 0.1) is 5.92 Å². The quantitative estimate of drug-likeness (QED) is 0.809. The first-order valence-corrected chi connectivity index (χ1v) is 8.03. The summed E-state index contributed by atoms with van der Waals surface area (Å²) in [4.78, 5) is 23.4. The summed E-state index contributed by atoms with van der Waals surface area (Å²) in [5.74, 6) is -1.10. The molecule has 22 heavy (non-hydrogen) atoms. The van der Waals surface area contributed by atoms with E-state index < -0.39 is 11.9 Å². The van der Waals surface area contributed by atoms with Gasteiger partial charge in [0.1, 0.15) is 0 Å². The predicted molar refractivity (Wildman–Crippen MR) is 85.9 cm³/mol. The normalized spacial score (nSPS) is 21.5. The highest BCUT2D eigenvalue weighted by Gasteiger charge is 2.44. The van der Waals surface area contributed by atoms with E-state index in [2.05, 4.69) is 5.32 Å². The van der Waals surface area contributed by atoms with E-state index in [9.17, 15) is 14.7 Å². The van der Waals surface area contributed by atoms with Crippen molar-refractivity contribution in [3.63, 3.8) is 0 Å². The molecule has 0 bridgehead atoms. The molecule has 1 amide bonds. The zero-order chi connectivity index (χ0) is 16.3. The summed E-state index contributed by atoms with van der Waals surface area (Å²) in [6, 6.07) is 7.55. The maximum atomic E-state index is 12.2. The molecule has 0 aliphatic heterocycles. The summed E-state index contributed by atoms with van der Waals surface area (Å²) in [7, 11) is 0. The van der Waals surface area contributed by atoms with Gasteiger partial charge in [-0.05, 0) is 36.3 Å². The molecule has 0 radical (unpaired) electrons. The molecule has 0 spiro atoms. The molecule has 1 saturated carbocycles. The molecule has 3 atom stereocenters. The fourth-order valence-corrected chi connectivity index (χ4v) is 3.08. The van der Waals surface area contributed by atoms with Gasteiger partial charge in [-0.1, -0.05) is 43.6 Å². The van der Waals surface area contributed by atoms with E-state index in [0.717, 1.165) is 12.0 Å². The molecule has 3 unspecified atom stereocenters. The van der Waals surface area contributed by atoms with Crippen LogP contribution < -0.4 is 5.32 Å². The Morgan fingerprint density at radius 3 is 2.64 bits per heavy atom. The zero-order valence-corrected chi connectivity index (χ0v) is 13.6. The maximum absolute atomic E-state index is 12.2. The summed E-state index contributed by atoms with van der Waals surface area (Å²) in [5, 5.41) is 12.7. The third kappa shape index (κ3) is 4.23. The lowest BCUT2D eigenvalue weighted by molar-refractivity contribution is -0.142. The molecule has 1 aliphatic rings. The SMILES string of the molecule is CC(C)CC(CNC(=O)C1CC1c1ccccc1Cl)C(=O)O. The molecule has 2 N–H and O–H groups in total. The van der Waals surface area contributed by atoms with E-state index in [1.54, 1.807) is 0 Å². The highest BCUT2D eigenvalue weighted by Crippen LogP contribution is 2.49. The van der Waals surface area contributed by atoms with Crippen molar-refractivity contribution in [2.75, 3.05) is 6.54 Å². The van der Waals surface area contributed by atoms with Crippen LogP contribution in [0.15, 0.2) is 24.3 Å². The Kier molecular flexibility index (Phi) is 5.46. The lowest BCUT2D eigenvalue weighted by Gasteiger charge is -2.15. The Bertz CT molecular complexity index is 559. The van der Waals surface area contributed by atoms with Crippen LogP contribution in [0.2, 0.25) is 5.02 Å². The van der Waals surface area contributed by atoms with E-state index in [1.165, 1.54) is 0 Å². The Morgan fingerprint density at radius 1 is 1.36 bits per heavy atom. The number of nitrogens with one attached hydrogen (secondary N) is 1. The van der Waals surface area contributed by atoms with Gasteiger partial charge in [0.25, 0.3) is 0 Å². The van der Waals surface area contributed by atoms with Gasteiger partial charge >= 0.3 is 5.97 Å². The van der Waals surface area contributed by atoms with Crippen molar-refractivity contribution in [3.05, 3.63) is 34.9 Å². The lowest BCUT2D eigenvalue weighted by Crippen LogP contribution is -2.34. The van der Waals surface area contributed by atoms with Crippen molar-refractivity contribution in [1.82, 2.24) is 5.32 Å². The van der Waals surface area contributed by atoms with Crippen LogP contribution in [0.3, 0.4) is 0 Å². The summed E-state index contributed by atoms with van der Waals surface area (Å²) < 4.78 is 0. The highest BCUT2D eigenvalue weighted by molar-refractivity contribution is 6.31. The van der Waals surface area contributed by atoms with Gasteiger partial charge in [-0.2, -0.15) is 0 Å². The third-order valence-electron chi connectivity index (χ3n) is 4.06. The number of hydrogen-bond donors (Lipinski definition) is 2. The van der Waals surface area contributed by atoms with Crippen LogP contribution in [0.25, 0.3) is 0 Å². The van der Waals surface area contributed by atoms with Crippen LogP contribution in [0.5, 0.6) is 0 Å². The van der Waals surface area contributed by atoms with Crippen LogP contribution in [-0.2, 0) is 9.59 Å². The molecule has 0 saturated heterocycles. The van der Waals surface area contributed by atoms with Crippen LogP contribution in [0, 0.1) is 17.8 Å². The minimum Gasteiger partial charge on any atom is -0.481 e. The van der Waals surface area contributed by atoms with Gasteiger partial charge in [0.2, 0.25) is 5.91 Å². The fraction of sp³-hybridized carbons (Fsp3) is 0.529. The molecule has 120 valence electrons. The largest absolute Gasteiger partial charge is 0.481 e. The molecule has 1 aromatic rings. The molecule has 4 nitrogen and oxygen atoms in total. The minimum atomic E-state index is -0.854. The van der Waals surface area contributed by atoms with E-state index in [1.807, 2.05) is 38.1 Å². The highest BCUT2D eigenvalue weighted by atomic mass is 35.5. The number of hydrogen-bond acceptors (Lipinski definition) is 2. The number of carboxylic acid groups (broad SMARTS) is 1. The molecule has 1 aliphatic carbocycles. The Labute approximate surface area is 135 Å². The van der Waals surface area contributed by atoms with Gasteiger partial charge in [-0.15, -0.1) is 0 Å². The first kappa shape index (κ1) is 16.8. The van der Waals surface area contributed by atoms with Crippen LogP contribution >= 0.6 is 11.6 Å². The van der Waals surface area contributed by atoms with Crippen molar-refractivity contribution in [1.29, 1.82) is 0 Å². The average molecular weight is 324 g/mol. The fourth-order valence-electron chi connectivity index (χ4n) is 2.80. The maximum Gasteiger partial charge on any atom is 0.308 e. The number of carbonyl (C=O) groups is 2. The lowest BCUT2D eigenvalue weighted by atomic mass is 9.97. The monoisotopic (exact) mass is 323 g/mol. The molecule has 5 heteroatoms. The number of amides is 1. The first-order valence-electron chi connectivity index (χ1n) is 7.65. The average Bonchev–Trinajstić information content (AvgIpc) is 3.23. The summed E-state index contributed by atoms with van der Waals surface area (Å²) in [6.45, 7) is 4.15. The van der Waals surface area contributed by atoms with Crippen LogP contribution in [-0.4, -0.2) is 23.5 Å². The zero-order valence-electron chi connectivity index (χ0n) is 12.9. The van der Waals surface area contributed by atoms with E-state index in [4.69, 9.17) is 11.6 Å². The number of rotatable bonds is 7. The number of carboxylic acids is 1. The topological polar surface area (TPSA) is 66.4 Å². The van der Waals surface area contributed by atoms with Crippen molar-refractivity contribution in [3.8, 4) is 0 Å². The molecule has 0 aromatic heterocycles. The number of halogens is 1. The Morgan fingerprint density at radius 2 is 2.05 bits per heavy atom. The molecule has 2 rings (SSSR count).